The van der Waals surface area contributed by atoms with Crippen molar-refractivity contribution in [1.82, 2.24) is 14.5 Å². The molecule has 1 aromatic carbocycles. The van der Waals surface area contributed by atoms with Crippen LogP contribution >= 0.6 is 0 Å². The number of phenolic OH excluding ortho intramolecular Hbond substituents is 1. The van der Waals surface area contributed by atoms with E-state index in [9.17, 15) is 19.4 Å². The van der Waals surface area contributed by atoms with Crippen LogP contribution in [0.4, 0.5) is 4.39 Å². The van der Waals surface area contributed by atoms with Crippen molar-refractivity contribution < 1.29 is 14.6 Å². The van der Waals surface area contributed by atoms with Gasteiger partial charge in [0.1, 0.15) is 23.5 Å². The van der Waals surface area contributed by atoms with Crippen LogP contribution in [0, 0.1) is 24.1 Å². The van der Waals surface area contributed by atoms with Gasteiger partial charge in [0.2, 0.25) is 0 Å². The Morgan fingerprint density at radius 2 is 2.00 bits per heavy atom. The number of hydrogen-bond acceptors (Lipinski definition) is 6. The maximum absolute atomic E-state index is 13.2. The van der Waals surface area contributed by atoms with E-state index in [1.807, 2.05) is 6.92 Å². The summed E-state index contributed by atoms with van der Waals surface area (Å²) >= 11 is 0. The number of aryl methyl sites for hydroxylation is 1. The van der Waals surface area contributed by atoms with Gasteiger partial charge in [-0.1, -0.05) is 0 Å². The van der Waals surface area contributed by atoms with Gasteiger partial charge < -0.3 is 20.5 Å². The first-order valence-electron chi connectivity index (χ1n) is 10.9. The minimum atomic E-state index is -0.663. The van der Waals surface area contributed by atoms with Crippen LogP contribution in [0.25, 0.3) is 0 Å². The van der Waals surface area contributed by atoms with E-state index in [2.05, 4.69) is 9.88 Å². The highest BCUT2D eigenvalue weighted by molar-refractivity contribution is 6.02. The number of aliphatic hydroxyl groups excluding tert-OH is 1. The number of benzene rings is 1. The second kappa shape index (κ2) is 8.88. The number of halogens is 1. The summed E-state index contributed by atoms with van der Waals surface area (Å²) in [6.45, 7) is 4.78. The smallest absolute Gasteiger partial charge is 0.257 e. The third-order valence-electron chi connectivity index (χ3n) is 6.58. The lowest BCUT2D eigenvalue weighted by molar-refractivity contribution is 0.129. The van der Waals surface area contributed by atoms with Crippen molar-refractivity contribution in [3.8, 4) is 5.75 Å². The Bertz CT molecular complexity index is 1040. The molecule has 2 aliphatic heterocycles. The second-order valence-electron chi connectivity index (χ2n) is 8.59. The van der Waals surface area contributed by atoms with Crippen molar-refractivity contribution in [3.63, 3.8) is 0 Å². The fourth-order valence-electron chi connectivity index (χ4n) is 4.72. The monoisotopic (exact) mass is 428 g/mol. The predicted octanol–water partition coefficient (Wildman–Crippen LogP) is 2.55. The lowest BCUT2D eigenvalue weighted by Crippen LogP contribution is -2.39. The Hall–Kier alpha value is -2.58. The number of phenols is 1. The number of aromatic hydroxyl groups is 1. The summed E-state index contributed by atoms with van der Waals surface area (Å²) in [5.41, 5.74) is 2.11. The molecular weight excluding hydrogens is 399 g/mol. The van der Waals surface area contributed by atoms with Gasteiger partial charge in [0, 0.05) is 47.6 Å². The third-order valence-corrected chi connectivity index (χ3v) is 6.58. The molecule has 31 heavy (non-hydrogen) atoms. The molecule has 1 saturated heterocycles. The first-order chi connectivity index (χ1) is 14.8. The molecule has 4 rings (SSSR count). The fraction of sp³-hybridized carbons (Fsp3) is 0.522. The summed E-state index contributed by atoms with van der Waals surface area (Å²) in [7, 11) is 0. The molecule has 1 aromatic heterocycles. The van der Waals surface area contributed by atoms with Gasteiger partial charge in [-0.15, -0.1) is 0 Å². The number of aromatic nitrogens is 2. The molecule has 7 nitrogen and oxygen atoms in total. The van der Waals surface area contributed by atoms with E-state index in [0.717, 1.165) is 45.0 Å². The molecule has 3 N–H and O–H groups in total. The normalized spacial score (nSPS) is 19.9. The number of rotatable bonds is 5. The van der Waals surface area contributed by atoms with Crippen LogP contribution in [0.2, 0.25) is 0 Å². The molecule has 0 aliphatic carbocycles. The van der Waals surface area contributed by atoms with Crippen LogP contribution in [0.1, 0.15) is 54.4 Å². The van der Waals surface area contributed by atoms with Crippen molar-refractivity contribution in [2.45, 2.75) is 51.7 Å². The lowest BCUT2D eigenvalue weighted by atomic mass is 9.87. The van der Waals surface area contributed by atoms with Gasteiger partial charge in [0.25, 0.3) is 5.56 Å². The first-order valence-corrected chi connectivity index (χ1v) is 10.9. The van der Waals surface area contributed by atoms with Crippen LogP contribution in [0.15, 0.2) is 23.0 Å². The summed E-state index contributed by atoms with van der Waals surface area (Å²) < 4.78 is 14.8. The summed E-state index contributed by atoms with van der Waals surface area (Å²) in [5, 5.41) is 28.5. The Morgan fingerprint density at radius 3 is 2.71 bits per heavy atom. The van der Waals surface area contributed by atoms with Crippen LogP contribution in [-0.4, -0.2) is 50.0 Å². The highest BCUT2D eigenvalue weighted by atomic mass is 19.1. The molecule has 8 heteroatoms. The van der Waals surface area contributed by atoms with E-state index >= 15 is 0 Å². The van der Waals surface area contributed by atoms with Gasteiger partial charge in [0.15, 0.2) is 0 Å². The van der Waals surface area contributed by atoms with Crippen molar-refractivity contribution in [1.29, 1.82) is 5.41 Å². The SMILES string of the molecule is Cc1nc2n(c(=O)c1CCN1CCC(C(=N)c3ccc(F)cc3O)CC1)CCCC2O. The average Bonchev–Trinajstić information content (AvgIpc) is 2.74. The number of likely N-dealkylation sites (tertiary alicyclic amines) is 1. The molecule has 166 valence electrons. The van der Waals surface area contributed by atoms with Crippen LogP contribution in [-0.2, 0) is 13.0 Å². The highest BCUT2D eigenvalue weighted by Gasteiger charge is 2.26. The van der Waals surface area contributed by atoms with Crippen molar-refractivity contribution in [2.75, 3.05) is 19.6 Å². The van der Waals surface area contributed by atoms with Gasteiger partial charge >= 0.3 is 0 Å². The van der Waals surface area contributed by atoms with Gasteiger partial charge in [-0.3, -0.25) is 9.36 Å². The van der Waals surface area contributed by atoms with Crippen molar-refractivity contribution in [2.24, 2.45) is 5.92 Å². The third kappa shape index (κ3) is 4.41. The predicted molar refractivity (Wildman–Crippen MR) is 115 cm³/mol. The van der Waals surface area contributed by atoms with E-state index < -0.39 is 11.9 Å². The van der Waals surface area contributed by atoms with Crippen LogP contribution < -0.4 is 5.56 Å². The van der Waals surface area contributed by atoms with E-state index in [0.29, 0.717) is 47.7 Å². The molecule has 1 atom stereocenters. The van der Waals surface area contributed by atoms with Gasteiger partial charge in [0.05, 0.1) is 0 Å². The first kappa shape index (κ1) is 21.6. The van der Waals surface area contributed by atoms with E-state index in [1.54, 1.807) is 4.57 Å². The summed E-state index contributed by atoms with van der Waals surface area (Å²) in [5.74, 6) is -0.192. The Morgan fingerprint density at radius 1 is 1.26 bits per heavy atom. The van der Waals surface area contributed by atoms with E-state index in [4.69, 9.17) is 5.41 Å². The minimum absolute atomic E-state index is 0.0203. The number of fused-ring (bicyclic) bond motifs is 1. The standard InChI is InChI=1S/C23H29FN4O3/c1-14-17(23(31)28-9-2-3-19(29)22(28)26-14)8-12-27-10-6-15(7-11-27)21(25)18-5-4-16(24)13-20(18)30/h4-5,13,15,19,25,29-30H,2-3,6-12H2,1H3. The Balaban J connectivity index is 1.37. The zero-order valence-corrected chi connectivity index (χ0v) is 17.8. The van der Waals surface area contributed by atoms with Gasteiger partial charge in [-0.25, -0.2) is 9.37 Å². The van der Waals surface area contributed by atoms with Gasteiger partial charge in [-0.2, -0.15) is 0 Å². The molecular formula is C23H29FN4O3. The van der Waals surface area contributed by atoms with Crippen molar-refractivity contribution >= 4 is 5.71 Å². The number of piperidine rings is 1. The van der Waals surface area contributed by atoms with Crippen LogP contribution in [0.3, 0.4) is 0 Å². The Kier molecular flexibility index (Phi) is 6.20. The number of hydrogen-bond donors (Lipinski definition) is 3. The lowest BCUT2D eigenvalue weighted by Gasteiger charge is -2.32. The highest BCUT2D eigenvalue weighted by Crippen LogP contribution is 2.27. The summed E-state index contributed by atoms with van der Waals surface area (Å²) in [6, 6.07) is 3.78. The summed E-state index contributed by atoms with van der Waals surface area (Å²) in [6.07, 6.45) is 2.93. The molecule has 1 fully saturated rings. The molecule has 0 amide bonds. The topological polar surface area (TPSA) is 102 Å². The maximum atomic E-state index is 13.2. The number of nitrogens with zero attached hydrogens (tertiary/aromatic N) is 3. The maximum Gasteiger partial charge on any atom is 0.257 e. The molecule has 2 aromatic rings. The summed E-state index contributed by atoms with van der Waals surface area (Å²) in [4.78, 5) is 19.7. The molecule has 0 radical (unpaired) electrons. The minimum Gasteiger partial charge on any atom is -0.507 e. The fourth-order valence-corrected chi connectivity index (χ4v) is 4.72. The second-order valence-corrected chi connectivity index (χ2v) is 8.59. The quantitative estimate of drug-likeness (QED) is 0.635. The number of nitrogens with one attached hydrogen (secondary N) is 1. The van der Waals surface area contributed by atoms with Crippen molar-refractivity contribution in [3.05, 3.63) is 57.0 Å². The average molecular weight is 429 g/mol. The molecule has 3 heterocycles. The molecule has 0 bridgehead atoms. The molecule has 0 spiro atoms. The zero-order chi connectivity index (χ0) is 22.1. The molecule has 1 unspecified atom stereocenters. The molecule has 2 aliphatic rings. The largest absolute Gasteiger partial charge is 0.507 e. The number of aliphatic hydroxyl groups is 1. The van der Waals surface area contributed by atoms with Crippen LogP contribution in [0.5, 0.6) is 5.75 Å². The molecule has 0 saturated carbocycles. The van der Waals surface area contributed by atoms with E-state index in [-0.39, 0.29) is 17.2 Å². The Labute approximate surface area is 180 Å². The zero-order valence-electron chi connectivity index (χ0n) is 17.8. The van der Waals surface area contributed by atoms with E-state index in [1.165, 1.54) is 12.1 Å². The van der Waals surface area contributed by atoms with Gasteiger partial charge in [-0.05, 0) is 64.3 Å².